The summed E-state index contributed by atoms with van der Waals surface area (Å²) in [5, 5.41) is 2.95. The molecule has 0 radical (unpaired) electrons. The average molecular weight is 342 g/mol. The van der Waals surface area contributed by atoms with E-state index in [4.69, 9.17) is 0 Å². The predicted octanol–water partition coefficient (Wildman–Crippen LogP) is 3.23. The molecule has 3 aromatic heterocycles. The van der Waals surface area contributed by atoms with Gasteiger partial charge in [0.05, 0.1) is 28.8 Å². The van der Waals surface area contributed by atoms with Gasteiger partial charge in [-0.15, -0.1) is 22.7 Å². The van der Waals surface area contributed by atoms with Gasteiger partial charge in [0.2, 0.25) is 0 Å². The van der Waals surface area contributed by atoms with Gasteiger partial charge < -0.3 is 4.98 Å². The topological polar surface area (TPSA) is 61.9 Å². The normalized spacial score (nSPS) is 11.7. The molecule has 4 rings (SSSR count). The van der Waals surface area contributed by atoms with E-state index in [1.165, 1.54) is 16.0 Å². The van der Waals surface area contributed by atoms with Crippen LogP contribution in [0.3, 0.4) is 0 Å². The molecule has 0 fully saturated rings. The number of para-hydroxylation sites is 1. The van der Waals surface area contributed by atoms with Crippen LogP contribution in [0.15, 0.2) is 40.5 Å². The van der Waals surface area contributed by atoms with Gasteiger partial charge in [-0.1, -0.05) is 12.1 Å². The second-order valence-corrected chi connectivity index (χ2v) is 7.43. The largest absolute Gasteiger partial charge is 0.308 e. The lowest BCUT2D eigenvalue weighted by Crippen LogP contribution is -2.21. The number of hydrogen-bond donors (Lipinski definition) is 1. The van der Waals surface area contributed by atoms with E-state index in [0.29, 0.717) is 17.1 Å². The minimum atomic E-state index is -0.0617. The molecule has 0 unspecified atom stereocenters. The minimum absolute atomic E-state index is 0.0617. The summed E-state index contributed by atoms with van der Waals surface area (Å²) in [6.45, 7) is 1.31. The van der Waals surface area contributed by atoms with Crippen LogP contribution in [0.1, 0.15) is 10.8 Å². The van der Waals surface area contributed by atoms with E-state index in [1.54, 1.807) is 11.3 Å². The summed E-state index contributed by atoms with van der Waals surface area (Å²) in [5.41, 5.74) is 1.74. The predicted molar refractivity (Wildman–Crippen MR) is 95.0 cm³/mol. The van der Waals surface area contributed by atoms with Crippen molar-refractivity contribution in [3.05, 3.63) is 56.9 Å². The maximum atomic E-state index is 12.0. The third-order valence-electron chi connectivity index (χ3n) is 3.53. The van der Waals surface area contributed by atoms with Crippen LogP contribution in [0.5, 0.6) is 0 Å². The number of thiazole rings is 1. The summed E-state index contributed by atoms with van der Waals surface area (Å²) in [5.74, 6) is 0.685. The molecule has 0 aliphatic rings. The van der Waals surface area contributed by atoms with Crippen molar-refractivity contribution < 1.29 is 0 Å². The lowest BCUT2D eigenvalue weighted by molar-refractivity contribution is 0.310. The zero-order chi connectivity index (χ0) is 15.8. The highest BCUT2D eigenvalue weighted by Crippen LogP contribution is 2.22. The van der Waals surface area contributed by atoms with Crippen LogP contribution in [0.25, 0.3) is 20.4 Å². The molecule has 1 N–H and O–H groups in total. The van der Waals surface area contributed by atoms with Crippen LogP contribution in [-0.4, -0.2) is 26.9 Å². The fourth-order valence-corrected chi connectivity index (χ4v) is 4.30. The first-order valence-corrected chi connectivity index (χ1v) is 8.88. The molecule has 0 saturated heterocycles. The highest BCUT2D eigenvalue weighted by Gasteiger charge is 2.10. The summed E-state index contributed by atoms with van der Waals surface area (Å²) in [6, 6.07) is 10.0. The molecule has 0 aliphatic carbocycles. The molecular weight excluding hydrogens is 328 g/mol. The van der Waals surface area contributed by atoms with E-state index >= 15 is 0 Å². The van der Waals surface area contributed by atoms with Gasteiger partial charge in [0.25, 0.3) is 5.56 Å². The Bertz CT molecular complexity index is 1000. The summed E-state index contributed by atoms with van der Waals surface area (Å²) in [7, 11) is 2.00. The number of rotatable bonds is 4. The fraction of sp³-hybridized carbons (Fsp3) is 0.188. The van der Waals surface area contributed by atoms with Crippen molar-refractivity contribution in [3.63, 3.8) is 0 Å². The van der Waals surface area contributed by atoms with Crippen molar-refractivity contribution in [3.8, 4) is 0 Å². The second-order valence-electron chi connectivity index (χ2n) is 5.40. The van der Waals surface area contributed by atoms with Crippen LogP contribution in [0.2, 0.25) is 0 Å². The first-order valence-electron chi connectivity index (χ1n) is 7.18. The van der Waals surface area contributed by atoms with Gasteiger partial charge in [-0.2, -0.15) is 0 Å². The molecule has 1 aromatic carbocycles. The monoisotopic (exact) mass is 342 g/mol. The Morgan fingerprint density at radius 1 is 1.13 bits per heavy atom. The standard InChI is InChI=1S/C16H14N4OS2/c1-20(9-14-18-10-4-2-3-5-12(10)23-14)8-13-17-11-6-7-22-15(11)16(21)19-13/h2-7H,8-9H2,1H3,(H,17,19,21). The maximum Gasteiger partial charge on any atom is 0.268 e. The zero-order valence-electron chi connectivity index (χ0n) is 12.4. The van der Waals surface area contributed by atoms with Gasteiger partial charge in [-0.25, -0.2) is 9.97 Å². The third-order valence-corrected chi connectivity index (χ3v) is 5.45. The molecule has 0 bridgehead atoms. The van der Waals surface area contributed by atoms with E-state index in [9.17, 15) is 4.79 Å². The zero-order valence-corrected chi connectivity index (χ0v) is 14.1. The van der Waals surface area contributed by atoms with Crippen molar-refractivity contribution >= 4 is 43.1 Å². The number of aromatic amines is 1. The number of thiophene rings is 1. The highest BCUT2D eigenvalue weighted by atomic mass is 32.1. The Hall–Kier alpha value is -2.09. The quantitative estimate of drug-likeness (QED) is 0.618. The molecule has 0 saturated carbocycles. The van der Waals surface area contributed by atoms with Crippen molar-refractivity contribution in [2.24, 2.45) is 0 Å². The number of fused-ring (bicyclic) bond motifs is 2. The Labute approximate surface area is 140 Å². The Morgan fingerprint density at radius 2 is 2.00 bits per heavy atom. The van der Waals surface area contributed by atoms with E-state index < -0.39 is 0 Å². The third kappa shape index (κ3) is 2.90. The van der Waals surface area contributed by atoms with Gasteiger partial charge in [-0.3, -0.25) is 9.69 Å². The lowest BCUT2D eigenvalue weighted by atomic mass is 10.3. The van der Waals surface area contributed by atoms with Crippen LogP contribution < -0.4 is 5.56 Å². The molecule has 0 amide bonds. The first-order chi connectivity index (χ1) is 11.2. The van der Waals surface area contributed by atoms with Crippen LogP contribution >= 0.6 is 22.7 Å². The lowest BCUT2D eigenvalue weighted by Gasteiger charge is -2.14. The minimum Gasteiger partial charge on any atom is -0.308 e. The first kappa shape index (κ1) is 14.5. The van der Waals surface area contributed by atoms with Crippen LogP contribution in [-0.2, 0) is 13.1 Å². The molecule has 0 atom stereocenters. The number of nitrogens with one attached hydrogen (secondary N) is 1. The SMILES string of the molecule is CN(Cc1nc2ccsc2c(=O)[nH]1)Cc1nc2ccccc2s1. The van der Waals surface area contributed by atoms with Gasteiger partial charge in [0.15, 0.2) is 0 Å². The number of aromatic nitrogens is 3. The molecule has 4 aromatic rings. The van der Waals surface area contributed by atoms with Crippen LogP contribution in [0, 0.1) is 0 Å². The van der Waals surface area contributed by atoms with E-state index in [0.717, 1.165) is 22.6 Å². The summed E-state index contributed by atoms with van der Waals surface area (Å²) < 4.78 is 1.88. The van der Waals surface area contributed by atoms with E-state index in [2.05, 4.69) is 25.9 Å². The van der Waals surface area contributed by atoms with Gasteiger partial charge in [0, 0.05) is 0 Å². The molecule has 0 spiro atoms. The highest BCUT2D eigenvalue weighted by molar-refractivity contribution is 7.18. The van der Waals surface area contributed by atoms with Crippen molar-refractivity contribution in [1.29, 1.82) is 0 Å². The van der Waals surface area contributed by atoms with Gasteiger partial charge in [0.1, 0.15) is 15.5 Å². The summed E-state index contributed by atoms with van der Waals surface area (Å²) >= 11 is 3.12. The number of benzene rings is 1. The molecule has 7 heteroatoms. The Morgan fingerprint density at radius 3 is 2.87 bits per heavy atom. The van der Waals surface area contributed by atoms with Crippen molar-refractivity contribution in [2.45, 2.75) is 13.1 Å². The summed E-state index contributed by atoms with van der Waals surface area (Å²) in [6.07, 6.45) is 0. The van der Waals surface area contributed by atoms with E-state index in [1.807, 2.05) is 36.7 Å². The molecule has 0 aliphatic heterocycles. The number of nitrogens with zero attached hydrogens (tertiary/aromatic N) is 3. The maximum absolute atomic E-state index is 12.0. The molecular formula is C16H14N4OS2. The summed E-state index contributed by atoms with van der Waals surface area (Å²) in [4.78, 5) is 26.1. The fourth-order valence-electron chi connectivity index (χ4n) is 2.53. The molecule has 3 heterocycles. The Balaban J connectivity index is 1.54. The molecule has 23 heavy (non-hydrogen) atoms. The smallest absolute Gasteiger partial charge is 0.268 e. The molecule has 116 valence electrons. The van der Waals surface area contributed by atoms with E-state index in [-0.39, 0.29) is 5.56 Å². The Kier molecular flexibility index (Phi) is 3.68. The molecule has 5 nitrogen and oxygen atoms in total. The van der Waals surface area contributed by atoms with Crippen LogP contribution in [0.4, 0.5) is 0 Å². The number of H-pyrrole nitrogens is 1. The average Bonchev–Trinajstić information content (AvgIpc) is 3.12. The van der Waals surface area contributed by atoms with Gasteiger partial charge in [-0.05, 0) is 30.6 Å². The van der Waals surface area contributed by atoms with Crippen molar-refractivity contribution in [2.75, 3.05) is 7.05 Å². The van der Waals surface area contributed by atoms with Gasteiger partial charge >= 0.3 is 0 Å². The van der Waals surface area contributed by atoms with Crippen molar-refractivity contribution in [1.82, 2.24) is 19.9 Å². The number of hydrogen-bond acceptors (Lipinski definition) is 6. The second kappa shape index (κ2) is 5.84.